The first-order valence-corrected chi connectivity index (χ1v) is 6.68. The van der Waals surface area contributed by atoms with Crippen molar-refractivity contribution in [2.24, 2.45) is 0 Å². The summed E-state index contributed by atoms with van der Waals surface area (Å²) in [6, 6.07) is 7.84. The summed E-state index contributed by atoms with van der Waals surface area (Å²) in [5.41, 5.74) is 0. The second kappa shape index (κ2) is 5.82. The number of hydrogen-bond donors (Lipinski definition) is 0. The highest BCUT2D eigenvalue weighted by Crippen LogP contribution is 2.24. The van der Waals surface area contributed by atoms with Gasteiger partial charge in [-0.3, -0.25) is 4.79 Å². The molecule has 0 unspecified atom stereocenters. The fraction of sp³-hybridized carbons (Fsp3) is 0.308. The Bertz CT molecular complexity index is 552. The maximum absolute atomic E-state index is 11.5. The van der Waals surface area contributed by atoms with Crippen molar-refractivity contribution < 1.29 is 9.53 Å². The Morgan fingerprint density at radius 3 is 2.94 bits per heavy atom. The lowest BCUT2D eigenvalue weighted by Crippen LogP contribution is -2.13. The van der Waals surface area contributed by atoms with Gasteiger partial charge in [-0.05, 0) is 13.8 Å². The quantitative estimate of drug-likeness (QED) is 0.626. The summed E-state index contributed by atoms with van der Waals surface area (Å²) < 4.78 is 5.08. The van der Waals surface area contributed by atoms with Gasteiger partial charge in [-0.1, -0.05) is 36.0 Å². The lowest BCUT2D eigenvalue weighted by molar-refractivity contribution is -0.144. The number of ether oxygens (including phenoxy) is 1. The van der Waals surface area contributed by atoms with E-state index in [1.807, 2.05) is 38.1 Å². The van der Waals surface area contributed by atoms with E-state index >= 15 is 0 Å². The van der Waals surface area contributed by atoms with Crippen LogP contribution in [0.4, 0.5) is 0 Å². The largest absolute Gasteiger partial charge is 0.462 e. The van der Waals surface area contributed by atoms with Crippen LogP contribution in [0.1, 0.15) is 13.8 Å². The summed E-state index contributed by atoms with van der Waals surface area (Å²) in [4.78, 5) is 11.5. The second-order valence-electron chi connectivity index (χ2n) is 4.06. The van der Waals surface area contributed by atoms with Crippen LogP contribution in [0.3, 0.4) is 0 Å². The molecular formula is C13H14N2O2S. The summed E-state index contributed by atoms with van der Waals surface area (Å²) in [7, 11) is 0. The SMILES string of the molecule is CC(C)OC(=O)CSc1nncc2ccccc12. The molecule has 1 aromatic heterocycles. The van der Waals surface area contributed by atoms with Crippen molar-refractivity contribution in [3.63, 3.8) is 0 Å². The van der Waals surface area contributed by atoms with Crippen molar-refractivity contribution in [3.8, 4) is 0 Å². The van der Waals surface area contributed by atoms with E-state index in [1.54, 1.807) is 6.20 Å². The van der Waals surface area contributed by atoms with Crippen LogP contribution in [0.25, 0.3) is 10.8 Å². The summed E-state index contributed by atoms with van der Waals surface area (Å²) >= 11 is 1.35. The van der Waals surface area contributed by atoms with Crippen LogP contribution < -0.4 is 0 Å². The topological polar surface area (TPSA) is 52.1 Å². The Kier molecular flexibility index (Phi) is 4.15. The average Bonchev–Trinajstić information content (AvgIpc) is 2.35. The Labute approximate surface area is 110 Å². The third kappa shape index (κ3) is 3.20. The first-order valence-electron chi connectivity index (χ1n) is 5.69. The van der Waals surface area contributed by atoms with Gasteiger partial charge in [0.25, 0.3) is 0 Å². The summed E-state index contributed by atoms with van der Waals surface area (Å²) in [5.74, 6) is 0.0191. The molecule has 0 bridgehead atoms. The smallest absolute Gasteiger partial charge is 0.316 e. The van der Waals surface area contributed by atoms with Crippen molar-refractivity contribution in [2.45, 2.75) is 25.0 Å². The maximum Gasteiger partial charge on any atom is 0.316 e. The van der Waals surface area contributed by atoms with E-state index in [1.165, 1.54) is 11.8 Å². The molecule has 0 spiro atoms. The van der Waals surface area contributed by atoms with Crippen molar-refractivity contribution in [3.05, 3.63) is 30.5 Å². The Balaban J connectivity index is 2.10. The Morgan fingerprint density at radius 1 is 1.39 bits per heavy atom. The highest BCUT2D eigenvalue weighted by molar-refractivity contribution is 8.00. The van der Waals surface area contributed by atoms with Gasteiger partial charge in [0.05, 0.1) is 18.1 Å². The zero-order valence-corrected chi connectivity index (χ0v) is 11.1. The number of nitrogens with zero attached hydrogens (tertiary/aromatic N) is 2. The molecule has 0 aliphatic heterocycles. The van der Waals surface area contributed by atoms with E-state index in [0.29, 0.717) is 0 Å². The number of aromatic nitrogens is 2. The molecule has 0 fully saturated rings. The van der Waals surface area contributed by atoms with Crippen LogP contribution in [-0.4, -0.2) is 28.0 Å². The third-order valence-corrected chi connectivity index (χ3v) is 3.19. The minimum Gasteiger partial charge on any atom is -0.462 e. The fourth-order valence-electron chi connectivity index (χ4n) is 1.53. The number of carbonyl (C=O) groups excluding carboxylic acids is 1. The van der Waals surface area contributed by atoms with Gasteiger partial charge in [-0.2, -0.15) is 5.10 Å². The minimum absolute atomic E-state index is 0.0864. The summed E-state index contributed by atoms with van der Waals surface area (Å²) in [6.07, 6.45) is 1.63. The zero-order valence-electron chi connectivity index (χ0n) is 10.3. The molecule has 0 saturated carbocycles. The predicted molar refractivity (Wildman–Crippen MR) is 71.5 cm³/mol. The first-order chi connectivity index (χ1) is 8.66. The molecule has 0 atom stereocenters. The number of fused-ring (bicyclic) bond motifs is 1. The number of carbonyl (C=O) groups is 1. The highest BCUT2D eigenvalue weighted by atomic mass is 32.2. The average molecular weight is 262 g/mol. The number of esters is 1. The summed E-state index contributed by atoms with van der Waals surface area (Å²) in [5, 5.41) is 10.8. The van der Waals surface area contributed by atoms with Gasteiger partial charge in [-0.25, -0.2) is 0 Å². The van der Waals surface area contributed by atoms with Gasteiger partial charge in [0.15, 0.2) is 0 Å². The lowest BCUT2D eigenvalue weighted by atomic mass is 10.2. The molecule has 1 aromatic carbocycles. The molecule has 0 N–H and O–H groups in total. The normalized spacial score (nSPS) is 10.8. The molecule has 5 heteroatoms. The number of rotatable bonds is 4. The van der Waals surface area contributed by atoms with Crippen molar-refractivity contribution in [1.82, 2.24) is 10.2 Å². The van der Waals surface area contributed by atoms with Crippen LogP contribution >= 0.6 is 11.8 Å². The standard InChI is InChI=1S/C13H14N2O2S/c1-9(2)17-12(16)8-18-13-11-6-4-3-5-10(11)7-14-15-13/h3-7,9H,8H2,1-2H3. The van der Waals surface area contributed by atoms with Crippen LogP contribution in [0.2, 0.25) is 0 Å². The van der Waals surface area contributed by atoms with Crippen molar-refractivity contribution >= 4 is 28.5 Å². The van der Waals surface area contributed by atoms with Gasteiger partial charge in [0, 0.05) is 10.8 Å². The highest BCUT2D eigenvalue weighted by Gasteiger charge is 2.09. The number of benzene rings is 1. The molecule has 0 aliphatic carbocycles. The monoisotopic (exact) mass is 262 g/mol. The fourth-order valence-corrected chi connectivity index (χ4v) is 2.30. The van der Waals surface area contributed by atoms with E-state index in [9.17, 15) is 4.79 Å². The van der Waals surface area contributed by atoms with Gasteiger partial charge in [0.1, 0.15) is 5.03 Å². The van der Waals surface area contributed by atoms with E-state index < -0.39 is 0 Å². The number of thioether (sulfide) groups is 1. The summed E-state index contributed by atoms with van der Waals surface area (Å²) in [6.45, 7) is 3.67. The van der Waals surface area contributed by atoms with Gasteiger partial charge in [-0.15, -0.1) is 5.10 Å². The van der Waals surface area contributed by atoms with Crippen molar-refractivity contribution in [1.29, 1.82) is 0 Å². The molecule has 0 radical (unpaired) electrons. The van der Waals surface area contributed by atoms with Gasteiger partial charge >= 0.3 is 5.97 Å². The predicted octanol–water partition coefficient (Wildman–Crippen LogP) is 2.67. The van der Waals surface area contributed by atoms with E-state index in [-0.39, 0.29) is 17.8 Å². The van der Waals surface area contributed by atoms with E-state index in [0.717, 1.165) is 15.8 Å². The molecule has 0 amide bonds. The minimum atomic E-state index is -0.232. The maximum atomic E-state index is 11.5. The molecular weight excluding hydrogens is 248 g/mol. The lowest BCUT2D eigenvalue weighted by Gasteiger charge is -2.07. The number of hydrogen-bond acceptors (Lipinski definition) is 5. The molecule has 4 nitrogen and oxygen atoms in total. The van der Waals surface area contributed by atoms with Crippen molar-refractivity contribution in [2.75, 3.05) is 5.75 Å². The van der Waals surface area contributed by atoms with Crippen LogP contribution in [-0.2, 0) is 9.53 Å². The Hall–Kier alpha value is -1.62. The molecule has 0 saturated heterocycles. The third-order valence-electron chi connectivity index (χ3n) is 2.23. The van der Waals surface area contributed by atoms with E-state index in [4.69, 9.17) is 4.74 Å². The molecule has 0 aliphatic rings. The molecule has 2 aromatic rings. The molecule has 1 heterocycles. The van der Waals surface area contributed by atoms with Crippen LogP contribution in [0.5, 0.6) is 0 Å². The Morgan fingerprint density at radius 2 is 2.17 bits per heavy atom. The van der Waals surface area contributed by atoms with Crippen LogP contribution in [0, 0.1) is 0 Å². The first kappa shape index (κ1) is 12.8. The second-order valence-corrected chi connectivity index (χ2v) is 5.03. The van der Waals surface area contributed by atoms with Gasteiger partial charge in [0.2, 0.25) is 0 Å². The molecule has 94 valence electrons. The van der Waals surface area contributed by atoms with Gasteiger partial charge < -0.3 is 4.74 Å². The van der Waals surface area contributed by atoms with E-state index in [2.05, 4.69) is 10.2 Å². The van der Waals surface area contributed by atoms with Crippen LogP contribution in [0.15, 0.2) is 35.5 Å². The molecule has 18 heavy (non-hydrogen) atoms. The zero-order chi connectivity index (χ0) is 13.0. The molecule has 2 rings (SSSR count).